The van der Waals surface area contributed by atoms with Crippen molar-refractivity contribution in [3.63, 3.8) is 0 Å². The molecule has 0 radical (unpaired) electrons. The molecule has 4 rings (SSSR count). The summed E-state index contributed by atoms with van der Waals surface area (Å²) < 4.78 is 2.55. The molecule has 1 atom stereocenters. The Hall–Kier alpha value is -2.30. The predicted molar refractivity (Wildman–Crippen MR) is 117 cm³/mol. The number of hydrogen-bond donors (Lipinski definition) is 2. The molecule has 1 saturated heterocycles. The molecule has 8 nitrogen and oxygen atoms in total. The maximum atomic E-state index is 12.8. The van der Waals surface area contributed by atoms with E-state index in [1.807, 2.05) is 6.92 Å². The van der Waals surface area contributed by atoms with E-state index in [2.05, 4.69) is 48.5 Å². The van der Waals surface area contributed by atoms with Crippen LogP contribution in [0.15, 0.2) is 28.4 Å². The zero-order chi connectivity index (χ0) is 20.5. The van der Waals surface area contributed by atoms with Gasteiger partial charge >= 0.3 is 0 Å². The van der Waals surface area contributed by atoms with Crippen molar-refractivity contribution in [1.82, 2.24) is 19.5 Å². The highest BCUT2D eigenvalue weighted by Crippen LogP contribution is 2.27. The highest BCUT2D eigenvalue weighted by molar-refractivity contribution is 9.11. The monoisotopic (exact) mass is 476 g/mol. The van der Waals surface area contributed by atoms with E-state index in [4.69, 9.17) is 0 Å². The number of pyridine rings is 1. The fourth-order valence-electron chi connectivity index (χ4n) is 3.41. The third-order valence-electron chi connectivity index (χ3n) is 4.91. The molecule has 3 aromatic heterocycles. The maximum absolute atomic E-state index is 12.8. The van der Waals surface area contributed by atoms with Crippen LogP contribution in [-0.2, 0) is 4.79 Å². The first-order valence-electron chi connectivity index (χ1n) is 9.32. The Kier molecular flexibility index (Phi) is 5.66. The maximum Gasteiger partial charge on any atom is 0.260 e. The molecule has 0 aromatic carbocycles. The van der Waals surface area contributed by atoms with Gasteiger partial charge in [-0.3, -0.25) is 19.5 Å². The molecule has 29 heavy (non-hydrogen) atoms. The van der Waals surface area contributed by atoms with Gasteiger partial charge < -0.3 is 10.6 Å². The van der Waals surface area contributed by atoms with Crippen molar-refractivity contribution < 1.29 is 9.59 Å². The number of carbonyl (C=O) groups is 2. The van der Waals surface area contributed by atoms with Crippen LogP contribution >= 0.6 is 27.3 Å². The summed E-state index contributed by atoms with van der Waals surface area (Å²) in [5.41, 5.74) is 2.26. The number of carbonyl (C=O) groups excluding carboxylic acids is 2. The molecule has 2 amide bonds. The van der Waals surface area contributed by atoms with Crippen molar-refractivity contribution in [2.75, 3.05) is 30.3 Å². The standard InChI is InChI=1S/C19H21BrN6O2S/c1-11-3-4-25(8-11)10-17(27)23-13-5-15(12(2)21-6-13)24-18(28)14-7-22-26-9-16(20)29-19(14)26/h5-7,9,11H,3-4,8,10H2,1-2H3,(H,23,27)(H,24,28). The van der Waals surface area contributed by atoms with Gasteiger partial charge in [0.1, 0.15) is 4.83 Å². The van der Waals surface area contributed by atoms with E-state index in [1.54, 1.807) is 29.2 Å². The highest BCUT2D eigenvalue weighted by Gasteiger charge is 2.21. The van der Waals surface area contributed by atoms with Gasteiger partial charge in [0.05, 0.1) is 51.6 Å². The number of fused-ring (bicyclic) bond motifs is 1. The first-order chi connectivity index (χ1) is 13.9. The number of halogens is 1. The van der Waals surface area contributed by atoms with Crippen molar-refractivity contribution >= 4 is 55.3 Å². The summed E-state index contributed by atoms with van der Waals surface area (Å²) in [6.07, 6.45) is 6.07. The molecule has 3 aromatic rings. The summed E-state index contributed by atoms with van der Waals surface area (Å²) in [6, 6.07) is 1.73. The summed E-state index contributed by atoms with van der Waals surface area (Å²) in [4.78, 5) is 32.3. The van der Waals surface area contributed by atoms with Crippen molar-refractivity contribution in [1.29, 1.82) is 0 Å². The van der Waals surface area contributed by atoms with Crippen LogP contribution in [0, 0.1) is 12.8 Å². The number of nitrogens with zero attached hydrogens (tertiary/aromatic N) is 4. The third-order valence-corrected chi connectivity index (χ3v) is 6.50. The summed E-state index contributed by atoms with van der Waals surface area (Å²) in [5.74, 6) is 0.280. The smallest absolute Gasteiger partial charge is 0.260 e. The molecule has 1 unspecified atom stereocenters. The predicted octanol–water partition coefficient (Wildman–Crippen LogP) is 3.39. The molecule has 0 spiro atoms. The number of anilines is 2. The SMILES string of the molecule is Cc1ncc(NC(=O)CN2CCC(C)C2)cc1NC(=O)c1cnn2cc(Br)sc12. The Labute approximate surface area is 180 Å². The lowest BCUT2D eigenvalue weighted by molar-refractivity contribution is -0.117. The third kappa shape index (κ3) is 4.49. The number of aryl methyl sites for hydroxylation is 1. The van der Waals surface area contributed by atoms with Crippen molar-refractivity contribution in [3.05, 3.63) is 39.7 Å². The number of likely N-dealkylation sites (tertiary alicyclic amines) is 1. The molecule has 1 aliphatic rings. The van der Waals surface area contributed by atoms with Gasteiger partial charge in [0.25, 0.3) is 5.91 Å². The summed E-state index contributed by atoms with van der Waals surface area (Å²) >= 11 is 4.84. The first-order valence-corrected chi connectivity index (χ1v) is 10.9. The van der Waals surface area contributed by atoms with Crippen molar-refractivity contribution in [3.8, 4) is 0 Å². The van der Waals surface area contributed by atoms with E-state index >= 15 is 0 Å². The topological polar surface area (TPSA) is 91.6 Å². The van der Waals surface area contributed by atoms with Gasteiger partial charge in [-0.15, -0.1) is 11.3 Å². The molecule has 1 fully saturated rings. The van der Waals surface area contributed by atoms with E-state index in [0.29, 0.717) is 35.1 Å². The minimum absolute atomic E-state index is 0.0798. The summed E-state index contributed by atoms with van der Waals surface area (Å²) in [6.45, 7) is 6.25. The van der Waals surface area contributed by atoms with Crippen molar-refractivity contribution in [2.24, 2.45) is 5.92 Å². The minimum Gasteiger partial charge on any atom is -0.324 e. The van der Waals surface area contributed by atoms with Crippen LogP contribution in [0.2, 0.25) is 0 Å². The van der Waals surface area contributed by atoms with Crippen LogP contribution in [0.4, 0.5) is 11.4 Å². The molecular weight excluding hydrogens is 456 g/mol. The fourth-order valence-corrected chi connectivity index (χ4v) is 4.85. The average Bonchev–Trinajstić information content (AvgIpc) is 3.33. The molecule has 4 heterocycles. The Morgan fingerprint density at radius 1 is 1.34 bits per heavy atom. The van der Waals surface area contributed by atoms with Gasteiger partial charge in [-0.25, -0.2) is 4.52 Å². The number of thiazole rings is 1. The molecule has 0 aliphatic carbocycles. The Balaban J connectivity index is 1.45. The van der Waals surface area contributed by atoms with Gasteiger partial charge in [0.2, 0.25) is 5.91 Å². The zero-order valence-corrected chi connectivity index (χ0v) is 18.5. The van der Waals surface area contributed by atoms with Crippen LogP contribution in [-0.4, -0.2) is 50.9 Å². The lowest BCUT2D eigenvalue weighted by Crippen LogP contribution is -2.31. The fraction of sp³-hybridized carbons (Fsp3) is 0.368. The lowest BCUT2D eigenvalue weighted by Gasteiger charge is -2.15. The summed E-state index contributed by atoms with van der Waals surface area (Å²) in [7, 11) is 0. The van der Waals surface area contributed by atoms with Gasteiger partial charge in [0, 0.05) is 6.54 Å². The first kappa shape index (κ1) is 20.0. The van der Waals surface area contributed by atoms with Gasteiger partial charge in [-0.1, -0.05) is 6.92 Å². The molecule has 0 bridgehead atoms. The molecule has 0 saturated carbocycles. The second-order valence-corrected chi connectivity index (χ2v) is 9.74. The second-order valence-electron chi connectivity index (χ2n) is 7.33. The number of amides is 2. The van der Waals surface area contributed by atoms with E-state index in [0.717, 1.165) is 28.1 Å². The van der Waals surface area contributed by atoms with Gasteiger partial charge in [0.15, 0.2) is 0 Å². The zero-order valence-electron chi connectivity index (χ0n) is 16.1. The second kappa shape index (κ2) is 8.21. The molecule has 10 heteroatoms. The van der Waals surface area contributed by atoms with Crippen LogP contribution in [0.5, 0.6) is 0 Å². The van der Waals surface area contributed by atoms with Crippen LogP contribution in [0.3, 0.4) is 0 Å². The number of aromatic nitrogens is 3. The largest absolute Gasteiger partial charge is 0.324 e. The molecular formula is C19H21BrN6O2S. The lowest BCUT2D eigenvalue weighted by atomic mass is 10.2. The molecule has 152 valence electrons. The molecule has 2 N–H and O–H groups in total. The van der Waals surface area contributed by atoms with Crippen LogP contribution < -0.4 is 10.6 Å². The quantitative estimate of drug-likeness (QED) is 0.588. The van der Waals surface area contributed by atoms with Crippen molar-refractivity contribution in [2.45, 2.75) is 20.3 Å². The van der Waals surface area contributed by atoms with Crippen LogP contribution in [0.25, 0.3) is 4.83 Å². The van der Waals surface area contributed by atoms with E-state index in [-0.39, 0.29) is 11.8 Å². The van der Waals surface area contributed by atoms with Crippen LogP contribution in [0.1, 0.15) is 29.4 Å². The van der Waals surface area contributed by atoms with E-state index in [1.165, 1.54) is 11.3 Å². The Morgan fingerprint density at radius 3 is 2.93 bits per heavy atom. The minimum atomic E-state index is -0.270. The normalized spacial score (nSPS) is 17.0. The Morgan fingerprint density at radius 2 is 2.17 bits per heavy atom. The Bertz CT molecular complexity index is 1080. The summed E-state index contributed by atoms with van der Waals surface area (Å²) in [5, 5.41) is 9.95. The molecule has 1 aliphatic heterocycles. The number of rotatable bonds is 5. The number of hydrogen-bond acceptors (Lipinski definition) is 6. The van der Waals surface area contributed by atoms with Gasteiger partial charge in [-0.2, -0.15) is 5.10 Å². The van der Waals surface area contributed by atoms with E-state index < -0.39 is 0 Å². The number of nitrogens with one attached hydrogen (secondary N) is 2. The highest BCUT2D eigenvalue weighted by atomic mass is 79.9. The average molecular weight is 477 g/mol. The van der Waals surface area contributed by atoms with E-state index in [9.17, 15) is 9.59 Å². The van der Waals surface area contributed by atoms with Gasteiger partial charge in [-0.05, 0) is 47.8 Å².